The Morgan fingerprint density at radius 1 is 1.04 bits per heavy atom. The highest BCUT2D eigenvalue weighted by atomic mass is 79.9. The molecule has 2 aromatic rings. The second kappa shape index (κ2) is 7.97. The molecule has 2 amide bonds. The summed E-state index contributed by atoms with van der Waals surface area (Å²) < 4.78 is 5.85. The molecule has 2 N–H and O–H groups in total. The number of methoxy groups -OCH3 is 1. The predicted octanol–water partition coefficient (Wildman–Crippen LogP) is 3.85. The normalized spacial score (nSPS) is 10.4. The molecule has 0 aromatic heterocycles. The van der Waals surface area contributed by atoms with Crippen molar-refractivity contribution in [1.29, 1.82) is 0 Å². The van der Waals surface area contributed by atoms with Crippen LogP contribution < -0.4 is 15.4 Å². The largest absolute Gasteiger partial charge is 0.496 e. The van der Waals surface area contributed by atoms with Gasteiger partial charge in [0.15, 0.2) is 0 Å². The lowest BCUT2D eigenvalue weighted by atomic mass is 10.1. The molecule has 0 radical (unpaired) electrons. The van der Waals surface area contributed by atoms with Gasteiger partial charge < -0.3 is 15.4 Å². The van der Waals surface area contributed by atoms with Gasteiger partial charge in [0, 0.05) is 22.9 Å². The van der Waals surface area contributed by atoms with E-state index in [-0.39, 0.29) is 17.9 Å². The molecular weight excluding hydrogens is 372 g/mol. The first kappa shape index (κ1) is 18.0. The number of halogens is 1. The van der Waals surface area contributed by atoms with Gasteiger partial charge >= 0.3 is 0 Å². The summed E-state index contributed by atoms with van der Waals surface area (Å²) in [5, 5.41) is 5.61. The summed E-state index contributed by atoms with van der Waals surface area (Å²) in [5.41, 5.74) is 1.54. The number of rotatable bonds is 5. The Labute approximate surface area is 149 Å². The molecule has 0 atom stereocenters. The van der Waals surface area contributed by atoms with E-state index in [1.807, 2.05) is 13.8 Å². The molecule has 0 bridgehead atoms. The maximum absolute atomic E-state index is 12.4. The summed E-state index contributed by atoms with van der Waals surface area (Å²) in [4.78, 5) is 24.4. The number of hydrogen-bond acceptors (Lipinski definition) is 3. The van der Waals surface area contributed by atoms with Crippen LogP contribution in [-0.4, -0.2) is 25.0 Å². The number of carbonyl (C=O) groups excluding carboxylic acids is 2. The SMILES string of the molecule is COc1ccc(C(=O)Nc2cccc(C(=O)NC(C)C)c2)cc1Br. The van der Waals surface area contributed by atoms with Gasteiger partial charge in [-0.25, -0.2) is 0 Å². The van der Waals surface area contributed by atoms with Gasteiger partial charge in [0.1, 0.15) is 5.75 Å². The molecular formula is C18H19BrN2O3. The second-order valence-electron chi connectivity index (χ2n) is 5.51. The van der Waals surface area contributed by atoms with Crippen LogP contribution in [0.5, 0.6) is 5.75 Å². The number of amides is 2. The van der Waals surface area contributed by atoms with Crippen LogP contribution >= 0.6 is 15.9 Å². The lowest BCUT2D eigenvalue weighted by molar-refractivity contribution is 0.0941. The lowest BCUT2D eigenvalue weighted by Crippen LogP contribution is -2.30. The maximum Gasteiger partial charge on any atom is 0.255 e. The van der Waals surface area contributed by atoms with Crippen molar-refractivity contribution in [2.75, 3.05) is 12.4 Å². The highest BCUT2D eigenvalue weighted by Gasteiger charge is 2.11. The van der Waals surface area contributed by atoms with Crippen molar-refractivity contribution in [3.63, 3.8) is 0 Å². The van der Waals surface area contributed by atoms with Crippen molar-refractivity contribution in [2.45, 2.75) is 19.9 Å². The number of nitrogens with one attached hydrogen (secondary N) is 2. The van der Waals surface area contributed by atoms with Crippen LogP contribution in [0.2, 0.25) is 0 Å². The number of benzene rings is 2. The molecule has 0 aliphatic carbocycles. The molecule has 0 aliphatic rings. The van der Waals surface area contributed by atoms with E-state index in [1.165, 1.54) is 0 Å². The quantitative estimate of drug-likeness (QED) is 0.814. The fourth-order valence-corrected chi connectivity index (χ4v) is 2.64. The van der Waals surface area contributed by atoms with E-state index >= 15 is 0 Å². The second-order valence-corrected chi connectivity index (χ2v) is 6.37. The minimum absolute atomic E-state index is 0.0485. The van der Waals surface area contributed by atoms with Crippen molar-refractivity contribution in [3.05, 3.63) is 58.1 Å². The Morgan fingerprint density at radius 3 is 2.38 bits per heavy atom. The Morgan fingerprint density at radius 2 is 1.75 bits per heavy atom. The zero-order valence-electron chi connectivity index (χ0n) is 13.7. The third-order valence-corrected chi connectivity index (χ3v) is 3.84. The van der Waals surface area contributed by atoms with Crippen molar-refractivity contribution < 1.29 is 14.3 Å². The van der Waals surface area contributed by atoms with Gasteiger partial charge in [-0.2, -0.15) is 0 Å². The zero-order valence-corrected chi connectivity index (χ0v) is 15.3. The topological polar surface area (TPSA) is 67.4 Å². The summed E-state index contributed by atoms with van der Waals surface area (Å²) in [5.74, 6) is 0.215. The Balaban J connectivity index is 2.14. The minimum Gasteiger partial charge on any atom is -0.496 e. The Bertz CT molecular complexity index is 760. The van der Waals surface area contributed by atoms with Crippen LogP contribution in [0.1, 0.15) is 34.6 Å². The van der Waals surface area contributed by atoms with E-state index in [0.29, 0.717) is 27.0 Å². The summed E-state index contributed by atoms with van der Waals surface area (Å²) in [6, 6.07) is 11.9. The van der Waals surface area contributed by atoms with E-state index in [1.54, 1.807) is 49.6 Å². The maximum atomic E-state index is 12.4. The fourth-order valence-electron chi connectivity index (χ4n) is 2.09. The van der Waals surface area contributed by atoms with Crippen LogP contribution in [0, 0.1) is 0 Å². The minimum atomic E-state index is -0.264. The Kier molecular flexibility index (Phi) is 5.98. The highest BCUT2D eigenvalue weighted by Crippen LogP contribution is 2.26. The van der Waals surface area contributed by atoms with E-state index in [4.69, 9.17) is 4.74 Å². The average molecular weight is 391 g/mol. The number of anilines is 1. The summed E-state index contributed by atoms with van der Waals surface area (Å²) in [6.45, 7) is 3.79. The summed E-state index contributed by atoms with van der Waals surface area (Å²) >= 11 is 3.36. The predicted molar refractivity (Wildman–Crippen MR) is 97.7 cm³/mol. The van der Waals surface area contributed by atoms with Gasteiger partial charge in [0.2, 0.25) is 0 Å². The first-order valence-electron chi connectivity index (χ1n) is 7.46. The van der Waals surface area contributed by atoms with E-state index in [0.717, 1.165) is 0 Å². The molecule has 0 unspecified atom stereocenters. The molecule has 0 aliphatic heterocycles. The first-order valence-corrected chi connectivity index (χ1v) is 8.26. The number of ether oxygens (including phenoxy) is 1. The average Bonchev–Trinajstić information content (AvgIpc) is 2.54. The van der Waals surface area contributed by atoms with Gasteiger partial charge in [-0.15, -0.1) is 0 Å². The van der Waals surface area contributed by atoms with Crippen LogP contribution in [0.4, 0.5) is 5.69 Å². The monoisotopic (exact) mass is 390 g/mol. The van der Waals surface area contributed by atoms with E-state index in [9.17, 15) is 9.59 Å². The third kappa shape index (κ3) is 4.58. The van der Waals surface area contributed by atoms with Gasteiger partial charge in [0.25, 0.3) is 11.8 Å². The lowest BCUT2D eigenvalue weighted by Gasteiger charge is -2.11. The van der Waals surface area contributed by atoms with E-state index in [2.05, 4.69) is 26.6 Å². The van der Waals surface area contributed by atoms with Crippen molar-refractivity contribution in [3.8, 4) is 5.75 Å². The molecule has 2 aromatic carbocycles. The van der Waals surface area contributed by atoms with Crippen molar-refractivity contribution >= 4 is 33.4 Å². The van der Waals surface area contributed by atoms with Crippen LogP contribution in [0.15, 0.2) is 46.9 Å². The van der Waals surface area contributed by atoms with Crippen molar-refractivity contribution in [1.82, 2.24) is 5.32 Å². The van der Waals surface area contributed by atoms with E-state index < -0.39 is 0 Å². The molecule has 0 saturated heterocycles. The smallest absolute Gasteiger partial charge is 0.255 e. The standard InChI is InChI=1S/C18H19BrN2O3/c1-11(2)20-17(22)12-5-4-6-14(9-12)21-18(23)13-7-8-16(24-3)15(19)10-13/h4-11H,1-3H3,(H,20,22)(H,21,23). The molecule has 0 fully saturated rings. The Hall–Kier alpha value is -2.34. The molecule has 126 valence electrons. The molecule has 24 heavy (non-hydrogen) atoms. The third-order valence-electron chi connectivity index (χ3n) is 3.22. The van der Waals surface area contributed by atoms with Gasteiger partial charge in [-0.3, -0.25) is 9.59 Å². The highest BCUT2D eigenvalue weighted by molar-refractivity contribution is 9.10. The molecule has 2 rings (SSSR count). The molecule has 6 heteroatoms. The summed E-state index contributed by atoms with van der Waals surface area (Å²) in [6.07, 6.45) is 0. The summed E-state index contributed by atoms with van der Waals surface area (Å²) in [7, 11) is 1.56. The van der Waals surface area contributed by atoms with Crippen LogP contribution in [-0.2, 0) is 0 Å². The van der Waals surface area contributed by atoms with Gasteiger partial charge in [0.05, 0.1) is 11.6 Å². The molecule has 5 nitrogen and oxygen atoms in total. The number of carbonyl (C=O) groups is 2. The van der Waals surface area contributed by atoms with Crippen LogP contribution in [0.3, 0.4) is 0 Å². The van der Waals surface area contributed by atoms with Crippen LogP contribution in [0.25, 0.3) is 0 Å². The van der Waals surface area contributed by atoms with Crippen molar-refractivity contribution in [2.24, 2.45) is 0 Å². The molecule has 0 heterocycles. The van der Waals surface area contributed by atoms with Gasteiger partial charge in [-0.1, -0.05) is 6.07 Å². The number of hydrogen-bond donors (Lipinski definition) is 2. The first-order chi connectivity index (χ1) is 11.4. The zero-order chi connectivity index (χ0) is 17.7. The van der Waals surface area contributed by atoms with Gasteiger partial charge in [-0.05, 0) is 66.2 Å². The fraction of sp³-hybridized carbons (Fsp3) is 0.222. The molecule has 0 spiro atoms. The molecule has 0 saturated carbocycles.